The normalized spacial score (nSPS) is 11.5. The SMILES string of the molecule is CN=C(NCCN(C)CCCOC)NCc1cccc(OC)c1OC. The van der Waals surface area contributed by atoms with Gasteiger partial charge in [-0.25, -0.2) is 0 Å². The molecule has 0 aliphatic heterocycles. The molecule has 0 heterocycles. The summed E-state index contributed by atoms with van der Waals surface area (Å²) in [6.45, 7) is 4.17. The van der Waals surface area contributed by atoms with E-state index in [1.165, 1.54) is 0 Å². The minimum atomic E-state index is 0.601. The monoisotopic (exact) mass is 352 g/mol. The lowest BCUT2D eigenvalue weighted by atomic mass is 10.2. The quantitative estimate of drug-likeness (QED) is 0.356. The Morgan fingerprint density at radius 1 is 1.12 bits per heavy atom. The summed E-state index contributed by atoms with van der Waals surface area (Å²) in [5.74, 6) is 2.23. The number of benzene rings is 1. The molecule has 1 rings (SSSR count). The Morgan fingerprint density at radius 2 is 1.92 bits per heavy atom. The Bertz CT molecular complexity index is 523. The van der Waals surface area contributed by atoms with Crippen LogP contribution >= 0.6 is 0 Å². The molecule has 0 saturated carbocycles. The van der Waals surface area contributed by atoms with Gasteiger partial charge in [0, 0.05) is 52.5 Å². The van der Waals surface area contributed by atoms with E-state index in [1.54, 1.807) is 28.4 Å². The molecule has 7 nitrogen and oxygen atoms in total. The summed E-state index contributed by atoms with van der Waals surface area (Å²) in [7, 11) is 8.89. The van der Waals surface area contributed by atoms with Crippen molar-refractivity contribution in [3.8, 4) is 11.5 Å². The van der Waals surface area contributed by atoms with Crippen LogP contribution < -0.4 is 20.1 Å². The third kappa shape index (κ3) is 7.62. The van der Waals surface area contributed by atoms with Gasteiger partial charge >= 0.3 is 0 Å². The van der Waals surface area contributed by atoms with Gasteiger partial charge in [0.05, 0.1) is 14.2 Å². The van der Waals surface area contributed by atoms with Crippen LogP contribution in [0.25, 0.3) is 0 Å². The summed E-state index contributed by atoms with van der Waals surface area (Å²) in [6.07, 6.45) is 1.04. The highest BCUT2D eigenvalue weighted by Gasteiger charge is 2.09. The van der Waals surface area contributed by atoms with Gasteiger partial charge in [0.2, 0.25) is 0 Å². The van der Waals surface area contributed by atoms with Crippen LogP contribution in [0.3, 0.4) is 0 Å². The molecule has 0 aromatic heterocycles. The molecule has 0 spiro atoms. The average molecular weight is 352 g/mol. The van der Waals surface area contributed by atoms with E-state index in [-0.39, 0.29) is 0 Å². The highest BCUT2D eigenvalue weighted by molar-refractivity contribution is 5.79. The van der Waals surface area contributed by atoms with E-state index in [1.807, 2.05) is 18.2 Å². The van der Waals surface area contributed by atoms with E-state index < -0.39 is 0 Å². The molecule has 0 aliphatic carbocycles. The number of hydrogen-bond acceptors (Lipinski definition) is 5. The fourth-order valence-electron chi connectivity index (χ4n) is 2.45. The molecule has 0 aliphatic rings. The van der Waals surface area contributed by atoms with Gasteiger partial charge in [-0.1, -0.05) is 12.1 Å². The molecule has 1 aromatic rings. The number of nitrogens with one attached hydrogen (secondary N) is 2. The van der Waals surface area contributed by atoms with Gasteiger partial charge in [0.25, 0.3) is 0 Å². The summed E-state index contributed by atoms with van der Waals surface area (Å²) in [5, 5.41) is 6.62. The van der Waals surface area contributed by atoms with Crippen molar-refractivity contribution in [1.82, 2.24) is 15.5 Å². The number of ether oxygens (including phenoxy) is 3. The molecule has 7 heteroatoms. The van der Waals surface area contributed by atoms with E-state index in [0.717, 1.165) is 55.7 Å². The first kappa shape index (κ1) is 21.1. The first-order valence-electron chi connectivity index (χ1n) is 8.48. The largest absolute Gasteiger partial charge is 0.493 e. The van der Waals surface area contributed by atoms with Crippen LogP contribution in [-0.4, -0.2) is 72.5 Å². The summed E-state index contributed by atoms with van der Waals surface area (Å²) in [6, 6.07) is 5.84. The molecule has 0 fully saturated rings. The number of para-hydroxylation sites is 1. The summed E-state index contributed by atoms with van der Waals surface area (Å²) < 4.78 is 15.9. The number of methoxy groups -OCH3 is 3. The standard InChI is InChI=1S/C18H32N4O3/c1-19-18(20-10-12-22(2)11-7-13-23-3)21-14-15-8-6-9-16(24-4)17(15)25-5/h6,8-9H,7,10-14H2,1-5H3,(H2,19,20,21). The van der Waals surface area contributed by atoms with E-state index in [9.17, 15) is 0 Å². The highest BCUT2D eigenvalue weighted by atomic mass is 16.5. The molecule has 25 heavy (non-hydrogen) atoms. The van der Waals surface area contributed by atoms with Crippen LogP contribution in [0.2, 0.25) is 0 Å². The van der Waals surface area contributed by atoms with Crippen molar-refractivity contribution >= 4 is 5.96 Å². The number of hydrogen-bond donors (Lipinski definition) is 2. The van der Waals surface area contributed by atoms with Crippen molar-refractivity contribution in [2.45, 2.75) is 13.0 Å². The van der Waals surface area contributed by atoms with Crippen LogP contribution in [-0.2, 0) is 11.3 Å². The number of nitrogens with zero attached hydrogens (tertiary/aromatic N) is 2. The Kier molecular flexibility index (Phi) is 10.4. The summed E-state index contributed by atoms with van der Waals surface area (Å²) in [4.78, 5) is 6.53. The first-order chi connectivity index (χ1) is 12.2. The van der Waals surface area contributed by atoms with Crippen molar-refractivity contribution in [3.05, 3.63) is 23.8 Å². The predicted octanol–water partition coefficient (Wildman–Crippen LogP) is 1.34. The van der Waals surface area contributed by atoms with Crippen molar-refractivity contribution in [2.24, 2.45) is 4.99 Å². The fourth-order valence-corrected chi connectivity index (χ4v) is 2.45. The van der Waals surface area contributed by atoms with E-state index in [4.69, 9.17) is 14.2 Å². The Balaban J connectivity index is 2.42. The second kappa shape index (κ2) is 12.4. The maximum Gasteiger partial charge on any atom is 0.191 e. The number of guanidine groups is 1. The molecular formula is C18H32N4O3. The third-order valence-electron chi connectivity index (χ3n) is 3.83. The Labute approximate surface area is 151 Å². The zero-order valence-corrected chi connectivity index (χ0v) is 16.1. The molecule has 0 bridgehead atoms. The lowest BCUT2D eigenvalue weighted by Gasteiger charge is -2.18. The molecular weight excluding hydrogens is 320 g/mol. The molecule has 0 unspecified atom stereocenters. The van der Waals surface area contributed by atoms with E-state index in [2.05, 4.69) is 27.6 Å². The van der Waals surface area contributed by atoms with Gasteiger partial charge in [-0.15, -0.1) is 0 Å². The fraction of sp³-hybridized carbons (Fsp3) is 0.611. The summed E-state index contributed by atoms with van der Waals surface area (Å²) >= 11 is 0. The third-order valence-corrected chi connectivity index (χ3v) is 3.83. The van der Waals surface area contributed by atoms with E-state index >= 15 is 0 Å². The molecule has 1 aromatic carbocycles. The van der Waals surface area contributed by atoms with Gasteiger partial charge in [-0.3, -0.25) is 4.99 Å². The van der Waals surface area contributed by atoms with Crippen LogP contribution in [0, 0.1) is 0 Å². The lowest BCUT2D eigenvalue weighted by Crippen LogP contribution is -2.40. The van der Waals surface area contributed by atoms with Gasteiger partial charge in [0.1, 0.15) is 0 Å². The number of likely N-dealkylation sites (N-methyl/N-ethyl adjacent to an activating group) is 1. The Morgan fingerprint density at radius 3 is 2.56 bits per heavy atom. The minimum Gasteiger partial charge on any atom is -0.493 e. The molecule has 142 valence electrons. The maximum absolute atomic E-state index is 5.45. The van der Waals surface area contributed by atoms with Crippen molar-refractivity contribution in [1.29, 1.82) is 0 Å². The van der Waals surface area contributed by atoms with Crippen LogP contribution in [0.1, 0.15) is 12.0 Å². The molecule has 2 N–H and O–H groups in total. The lowest BCUT2D eigenvalue weighted by molar-refractivity contribution is 0.180. The van der Waals surface area contributed by atoms with E-state index in [0.29, 0.717) is 6.54 Å². The van der Waals surface area contributed by atoms with Crippen molar-refractivity contribution < 1.29 is 14.2 Å². The molecule has 0 atom stereocenters. The Hall–Kier alpha value is -1.99. The average Bonchev–Trinajstić information content (AvgIpc) is 2.64. The maximum atomic E-state index is 5.45. The molecule has 0 saturated heterocycles. The van der Waals surface area contributed by atoms with Crippen molar-refractivity contribution in [2.75, 3.05) is 61.7 Å². The minimum absolute atomic E-state index is 0.601. The number of rotatable bonds is 11. The summed E-state index contributed by atoms with van der Waals surface area (Å²) in [5.41, 5.74) is 1.02. The van der Waals surface area contributed by atoms with Gasteiger partial charge < -0.3 is 29.7 Å². The topological polar surface area (TPSA) is 67.4 Å². The van der Waals surface area contributed by atoms with Crippen molar-refractivity contribution in [3.63, 3.8) is 0 Å². The molecule has 0 radical (unpaired) electrons. The predicted molar refractivity (Wildman–Crippen MR) is 102 cm³/mol. The van der Waals surface area contributed by atoms with Crippen LogP contribution in [0.5, 0.6) is 11.5 Å². The zero-order chi connectivity index (χ0) is 18.5. The molecule has 0 amide bonds. The zero-order valence-electron chi connectivity index (χ0n) is 16.1. The second-order valence-corrected chi connectivity index (χ2v) is 5.65. The van der Waals surface area contributed by atoms with Gasteiger partial charge in [-0.05, 0) is 19.5 Å². The van der Waals surface area contributed by atoms with Gasteiger partial charge in [-0.2, -0.15) is 0 Å². The number of aliphatic imine (C=N–C) groups is 1. The van der Waals surface area contributed by atoms with Gasteiger partial charge in [0.15, 0.2) is 17.5 Å². The highest BCUT2D eigenvalue weighted by Crippen LogP contribution is 2.30. The second-order valence-electron chi connectivity index (χ2n) is 5.65. The smallest absolute Gasteiger partial charge is 0.191 e. The van der Waals surface area contributed by atoms with Crippen LogP contribution in [0.4, 0.5) is 0 Å². The van der Waals surface area contributed by atoms with Crippen LogP contribution in [0.15, 0.2) is 23.2 Å². The first-order valence-corrected chi connectivity index (χ1v) is 8.48.